The molecule has 6 atom stereocenters. The van der Waals surface area contributed by atoms with Gasteiger partial charge in [-0.1, -0.05) is 58.6 Å². The van der Waals surface area contributed by atoms with Gasteiger partial charge < -0.3 is 14.7 Å². The Morgan fingerprint density at radius 1 is 0.774 bits per heavy atom. The zero-order chi connectivity index (χ0) is 43.6. The molecule has 0 unspecified atom stereocenters. The highest BCUT2D eigenvalue weighted by Gasteiger charge is 2.70. The van der Waals surface area contributed by atoms with Crippen LogP contribution in [0.3, 0.4) is 0 Å². The monoisotopic (exact) mass is 888 g/mol. The molecular formula is C47H39Cl3N6O6. The first-order chi connectivity index (χ1) is 29.8. The first kappa shape index (κ1) is 41.2. The highest BCUT2D eigenvalue weighted by atomic mass is 35.5. The molecule has 2 N–H and O–H groups in total. The Kier molecular flexibility index (Phi) is 10.6. The average Bonchev–Trinajstić information content (AvgIpc) is 3.65. The summed E-state index contributed by atoms with van der Waals surface area (Å²) in [4.78, 5) is 62.9. The number of fused-ring (bicyclic) bond motifs is 4. The van der Waals surface area contributed by atoms with E-state index in [0.717, 1.165) is 10.7 Å². The van der Waals surface area contributed by atoms with Crippen molar-refractivity contribution in [2.24, 2.45) is 33.9 Å². The number of allylic oxidation sites excluding steroid dienone is 2. The number of hydrazine groups is 1. The van der Waals surface area contributed by atoms with Crippen LogP contribution in [0.25, 0.3) is 0 Å². The number of carbonyl (C=O) groups is 4. The average molecular weight is 890 g/mol. The van der Waals surface area contributed by atoms with Gasteiger partial charge in [0.25, 0.3) is 11.8 Å². The van der Waals surface area contributed by atoms with E-state index in [9.17, 15) is 14.7 Å². The minimum Gasteiger partial charge on any atom is -0.508 e. The summed E-state index contributed by atoms with van der Waals surface area (Å²) < 4.78 is 5.48. The third-order valence-electron chi connectivity index (χ3n) is 12.6. The number of amides is 4. The Labute approximate surface area is 372 Å². The molecule has 0 bridgehead atoms. The van der Waals surface area contributed by atoms with E-state index in [1.807, 2.05) is 49.3 Å². The predicted octanol–water partition coefficient (Wildman–Crippen LogP) is 10.0. The number of ether oxygens (including phenoxy) is 1. The number of nitrogens with one attached hydrogen (secondary N) is 1. The van der Waals surface area contributed by atoms with Crippen molar-refractivity contribution in [2.45, 2.75) is 24.2 Å². The molecule has 15 heteroatoms. The lowest BCUT2D eigenvalue weighted by atomic mass is 9.49. The number of phenolic OH excluding ortho intramolecular Hbond substituents is 1. The maximum atomic E-state index is 15.5. The molecule has 5 aromatic rings. The fraction of sp³-hybridized carbons (Fsp3) is 0.234. The van der Waals surface area contributed by atoms with Crippen LogP contribution in [0.4, 0.5) is 28.4 Å². The third-order valence-corrected chi connectivity index (χ3v) is 13.4. The Morgan fingerprint density at radius 3 is 2.06 bits per heavy atom. The van der Waals surface area contributed by atoms with Crippen LogP contribution in [0.1, 0.15) is 29.9 Å². The van der Waals surface area contributed by atoms with Gasteiger partial charge in [0.15, 0.2) is 0 Å². The van der Waals surface area contributed by atoms with Gasteiger partial charge in [0.2, 0.25) is 11.8 Å². The number of hydrogen-bond acceptors (Lipinski definition) is 10. The number of nitrogens with zero attached hydrogens (tertiary/aromatic N) is 5. The van der Waals surface area contributed by atoms with Crippen molar-refractivity contribution in [3.05, 3.63) is 147 Å². The minimum absolute atomic E-state index is 0.0374. The number of halogens is 3. The van der Waals surface area contributed by atoms with Gasteiger partial charge in [0.1, 0.15) is 11.5 Å². The van der Waals surface area contributed by atoms with Gasteiger partial charge in [-0.05, 0) is 121 Å². The van der Waals surface area contributed by atoms with Crippen LogP contribution in [0.15, 0.2) is 131 Å². The Balaban J connectivity index is 1.12. The van der Waals surface area contributed by atoms with Crippen molar-refractivity contribution < 1.29 is 29.0 Å². The Morgan fingerprint density at radius 2 is 1.42 bits per heavy atom. The molecule has 9 rings (SSSR count). The van der Waals surface area contributed by atoms with E-state index in [1.165, 1.54) is 30.2 Å². The summed E-state index contributed by atoms with van der Waals surface area (Å²) in [5.41, 5.74) is 5.60. The second kappa shape index (κ2) is 15.9. The van der Waals surface area contributed by atoms with Crippen molar-refractivity contribution in [2.75, 3.05) is 36.4 Å². The van der Waals surface area contributed by atoms with Gasteiger partial charge in [0.05, 0.1) is 58.1 Å². The molecule has 2 heterocycles. The second-order valence-corrected chi connectivity index (χ2v) is 17.3. The number of benzene rings is 5. The molecule has 4 aliphatic rings. The molecular weight excluding hydrogens is 851 g/mol. The van der Waals surface area contributed by atoms with E-state index in [0.29, 0.717) is 49.6 Å². The van der Waals surface area contributed by atoms with E-state index in [4.69, 9.17) is 39.5 Å². The normalized spacial score (nSPS) is 24.2. The molecule has 314 valence electrons. The first-order valence-corrected chi connectivity index (χ1v) is 21.0. The highest BCUT2D eigenvalue weighted by Crippen LogP contribution is 2.65. The van der Waals surface area contributed by atoms with Crippen LogP contribution in [0.5, 0.6) is 11.5 Å². The quantitative estimate of drug-likeness (QED) is 0.0846. The topological polar surface area (TPSA) is 144 Å². The fourth-order valence-electron chi connectivity index (χ4n) is 9.80. The molecule has 0 radical (unpaired) electrons. The van der Waals surface area contributed by atoms with E-state index < -0.39 is 52.7 Å². The van der Waals surface area contributed by atoms with E-state index in [-0.39, 0.29) is 35.2 Å². The SMILES string of the molecule is COc1ccc([C@@]23C(=O)N(Nc4ccc(Cl)cc4Cl)C(=O)[C@@H]2C[C@@H]2C(=CC[C@@H]4C(=O)N(c5ccc(N=Nc6ccc(N(C)C)cc6)cc5)C(=O)[C@@H]42)[C@@H]3c2cc(Cl)ccc2O)cc1. The van der Waals surface area contributed by atoms with Gasteiger partial charge in [-0.25, -0.2) is 0 Å². The molecule has 0 aromatic heterocycles. The van der Waals surface area contributed by atoms with Crippen LogP contribution in [-0.4, -0.2) is 54.9 Å². The van der Waals surface area contributed by atoms with Gasteiger partial charge in [0, 0.05) is 41.3 Å². The van der Waals surface area contributed by atoms with Gasteiger partial charge in [-0.15, -0.1) is 0 Å². The number of anilines is 3. The van der Waals surface area contributed by atoms with E-state index >= 15 is 9.59 Å². The number of aromatic hydroxyl groups is 1. The van der Waals surface area contributed by atoms with Crippen molar-refractivity contribution in [3.63, 3.8) is 0 Å². The largest absolute Gasteiger partial charge is 0.508 e. The summed E-state index contributed by atoms with van der Waals surface area (Å²) in [6.45, 7) is 0. The molecule has 2 aliphatic carbocycles. The van der Waals surface area contributed by atoms with Crippen molar-refractivity contribution in [3.8, 4) is 11.5 Å². The number of carbonyl (C=O) groups excluding carboxylic acids is 4. The van der Waals surface area contributed by atoms with Crippen LogP contribution in [-0.2, 0) is 24.6 Å². The molecule has 3 fully saturated rings. The molecule has 0 spiro atoms. The molecule has 12 nitrogen and oxygen atoms in total. The maximum absolute atomic E-state index is 15.5. The first-order valence-electron chi connectivity index (χ1n) is 19.9. The number of azo groups is 1. The number of rotatable bonds is 9. The van der Waals surface area contributed by atoms with Crippen molar-refractivity contribution >= 4 is 86.9 Å². The van der Waals surface area contributed by atoms with Gasteiger partial charge in [-0.3, -0.25) is 29.5 Å². The smallest absolute Gasteiger partial charge is 0.260 e. The Hall–Kier alpha value is -6.21. The van der Waals surface area contributed by atoms with Crippen LogP contribution < -0.4 is 20.0 Å². The lowest BCUT2D eigenvalue weighted by Gasteiger charge is -2.50. The van der Waals surface area contributed by atoms with Gasteiger partial charge >= 0.3 is 0 Å². The molecule has 62 heavy (non-hydrogen) atoms. The maximum Gasteiger partial charge on any atom is 0.260 e. The predicted molar refractivity (Wildman–Crippen MR) is 238 cm³/mol. The number of phenols is 1. The third kappa shape index (κ3) is 6.68. The highest BCUT2D eigenvalue weighted by molar-refractivity contribution is 6.36. The van der Waals surface area contributed by atoms with E-state index in [1.54, 1.807) is 66.7 Å². The summed E-state index contributed by atoms with van der Waals surface area (Å²) in [5, 5.41) is 22.2. The van der Waals surface area contributed by atoms with Crippen molar-refractivity contribution in [1.29, 1.82) is 0 Å². The van der Waals surface area contributed by atoms with Crippen molar-refractivity contribution in [1.82, 2.24) is 5.01 Å². The summed E-state index contributed by atoms with van der Waals surface area (Å²) in [5.74, 6) is -5.99. The molecule has 5 aromatic carbocycles. The Bertz CT molecular complexity index is 2710. The fourth-order valence-corrected chi connectivity index (χ4v) is 10.4. The zero-order valence-electron chi connectivity index (χ0n) is 33.6. The van der Waals surface area contributed by atoms with Crippen LogP contribution >= 0.6 is 34.8 Å². The number of hydrogen-bond donors (Lipinski definition) is 2. The molecule has 4 amide bonds. The number of methoxy groups -OCH3 is 1. The second-order valence-electron chi connectivity index (χ2n) is 16.1. The summed E-state index contributed by atoms with van der Waals surface area (Å²) in [6, 6.07) is 30.5. The minimum atomic E-state index is -1.67. The van der Waals surface area contributed by atoms with Crippen LogP contribution in [0, 0.1) is 23.7 Å². The molecule has 2 saturated heterocycles. The van der Waals surface area contributed by atoms with E-state index in [2.05, 4.69) is 15.7 Å². The zero-order valence-corrected chi connectivity index (χ0v) is 35.9. The summed E-state index contributed by atoms with van der Waals surface area (Å²) in [6.07, 6.45) is 2.13. The lowest BCUT2D eigenvalue weighted by molar-refractivity contribution is -0.138. The summed E-state index contributed by atoms with van der Waals surface area (Å²) in [7, 11) is 5.44. The lowest BCUT2D eigenvalue weighted by Crippen LogP contribution is -2.53. The molecule has 1 saturated carbocycles. The molecule has 2 aliphatic heterocycles. The standard InChI is InChI=1S/C47H39Cl3N6O6/c1-54(2)30-12-8-28(9-13-30)51-52-29-10-14-31(15-11-29)55-43(58)34-19-18-33-35(41(34)45(55)60)24-37-44(59)56(53-39-20-6-27(49)23-38(39)50)46(61)47(37,25-4-16-32(62-3)17-5-25)42(33)36-22-26(48)7-21-40(36)57/h4-18,20-23,34-35,37,41-42,53,57H,19,24H2,1-3H3/t34-,35+,37-,41-,42+,47+/m0/s1. The van der Waals surface area contributed by atoms with Gasteiger partial charge in [-0.2, -0.15) is 15.2 Å². The summed E-state index contributed by atoms with van der Waals surface area (Å²) >= 11 is 19.4. The van der Waals surface area contributed by atoms with Crippen LogP contribution in [0.2, 0.25) is 15.1 Å². The number of imide groups is 2.